The van der Waals surface area contributed by atoms with Gasteiger partial charge in [-0.1, -0.05) is 32.9 Å². The third kappa shape index (κ3) is 11.0. The molecule has 2 aliphatic heterocycles. The predicted octanol–water partition coefficient (Wildman–Crippen LogP) is 21.3. The molecule has 62 heavy (non-hydrogen) atoms. The molecule has 2 N–H and O–H groups in total. The minimum atomic E-state index is -1.87. The quantitative estimate of drug-likeness (QED) is 0.0700. The Labute approximate surface area is 544 Å². The summed E-state index contributed by atoms with van der Waals surface area (Å²) < 4.78 is 605. The van der Waals surface area contributed by atoms with Gasteiger partial charge in [0.1, 0.15) is 29.4 Å². The fraction of sp³-hybridized carbons (Fsp3) is 0.432. The molecule has 0 unspecified atom stereocenters. The van der Waals surface area contributed by atoms with Crippen molar-refractivity contribution in [3.05, 3.63) is 94.6 Å². The van der Waals surface area contributed by atoms with Gasteiger partial charge in [-0.3, -0.25) is 4.79 Å². The number of anilines is 2. The number of nitrogens with zero attached hydrogens (tertiary/aromatic N) is 6. The molecule has 1 fully saturated rings. The first-order chi connectivity index (χ1) is 86.1. The zero-order chi connectivity index (χ0) is 160. The average molecular weight is 1100 g/mol. The van der Waals surface area contributed by atoms with Crippen LogP contribution in [0.15, 0.2) is 60.7 Å². The van der Waals surface area contributed by atoms with E-state index in [0.29, 0.717) is 83.6 Å². The van der Waals surface area contributed by atoms with Gasteiger partial charge in [0.15, 0.2) is 8.32 Å². The van der Waals surface area contributed by atoms with Crippen molar-refractivity contribution in [2.24, 2.45) is 0 Å². The van der Waals surface area contributed by atoms with Gasteiger partial charge in [-0.2, -0.15) is 0 Å². The predicted molar refractivity (Wildman–Crippen MR) is 367 cm³/mol. The topological polar surface area (TPSA) is 154 Å². The van der Waals surface area contributed by atoms with Gasteiger partial charge in [0.25, 0.3) is 0 Å². The standard InChI is InChI=1S/C28H40BN3O5Si.C16H16BN3O4.58H2/c1-26(2,3)38(10,11)34-17-16-32(9)25-23(30-8)14-15-24(31-25)35-21-12-13-22(20(18-21)19-33)29-36-27(4,5)28(6,7)37-29;1-18-14-5-6-15(19-16(14)20(2)7-8-21)24-12-3-4-13-11(9-12)10-23-17(13)22;;;;;;;;;;;;;;;;;;;;;;;;;;;;;;;;;;;;;;;;;;;;;;;;;;;;;;;;;;/h12-15,18-19H,16-17H2,1-7,9-11H3;3-6,9,21-22H,7-8,10H2,2H3;58*1H/i;;57*1+1D;1+1. The smallest absolute Gasteiger partial charge is 0.439 e. The third-order valence-electron chi connectivity index (χ3n) is 11.7. The van der Waals surface area contributed by atoms with E-state index in [1.807, 2.05) is 39.6 Å². The SMILES string of the molecule is [2HH].[2H][2H].[2H][2H].[2H][2H].[2H][2H].[2H][2H].[2H][2H].[2H][2H].[2H][2H].[2H][2H].[2H][2H].[2H][2H].[2H][2H].[2H][2H].[2H][2H].[2H][2H].[2H][2H].[2H][2H].[2H][2H].[2H][2H].[2H][2H].[2H][2H].[2H][2H].[2H][2H].[2H][2H].[2H][2H].[2H][2H].[2H][2H].[2H][2H].[2H][2H].[2H][2H].[2H][2H].[2H][2H].[2H][2H].[2H][2H].[2H][2H].[2H][2H].[2H][2H].[2H][2H].[2H][2H].[2H][2H].[2H][2H].[2H][2H].[2H][2H].[2H][2H].[2H][2H].[2H][2H].[2H][2H].[2H][2H].[2H][2H].[2H][2H].[2H][2H].[2H][2H].[2H][2H].[2H][2H].[2H][2H].[2H][2H].[2H][2H].[C-]#[N+]c1ccc(Oc2ccc(B3OC(C)(C)C(C)(C)O3)c(C=O)c2)nc1N(C)CCO[Si](C)(C)C(C)(C)C.[C-]#[N+]c1ccc(Oc2ccc3c(c2)COB3O)nc1N(C)CCO. The monoisotopic (exact) mass is 1100 g/mol. The van der Waals surface area contributed by atoms with Crippen LogP contribution >= 0.6 is 0 Å². The molecule has 0 spiro atoms. The zero-order valence-corrected chi connectivity index (χ0v) is 38.5. The van der Waals surface area contributed by atoms with E-state index in [2.05, 4.69) is 53.5 Å². The van der Waals surface area contributed by atoms with Gasteiger partial charge in [0.2, 0.25) is 23.1 Å². The first kappa shape index (κ1) is 12.7. The normalized spacial score (nSPS) is 22.5. The van der Waals surface area contributed by atoms with Gasteiger partial charge in [0.05, 0.1) is 44.2 Å². The number of carbonyl (C=O) groups excluding carboxylic acids is 1. The molecule has 0 amide bonds. The van der Waals surface area contributed by atoms with E-state index in [1.165, 1.54) is 0 Å². The Hall–Kier alpha value is -5.30. The summed E-state index contributed by atoms with van der Waals surface area (Å²) in [4.78, 5) is 31.6. The summed E-state index contributed by atoms with van der Waals surface area (Å²) in [7, 11) is 0.230. The first-order valence-electron chi connectivity index (χ1n) is 77.3. The van der Waals surface area contributed by atoms with Crippen LogP contribution in [-0.4, -0.2) is 101 Å². The first-order valence-corrected chi connectivity index (χ1v) is 23.2. The molecular weight excluding hydrogens is 806 g/mol. The number of pyridine rings is 2. The van der Waals surface area contributed by atoms with Crippen LogP contribution in [0, 0.1) is 13.1 Å². The van der Waals surface area contributed by atoms with Crippen molar-refractivity contribution in [2.75, 3.05) is 50.2 Å². The Kier molecular flexibility index (Phi) is 3.97. The molecule has 4 heterocycles. The molecule has 0 saturated carbocycles. The van der Waals surface area contributed by atoms with Crippen LogP contribution in [0.25, 0.3) is 9.69 Å². The van der Waals surface area contributed by atoms with Crippen LogP contribution in [0.5, 0.6) is 23.3 Å². The number of fused-ring (bicyclic) bond motifs is 1. The number of aliphatic hydroxyl groups is 1. The molecular formula is C44H172B2N6O9Si. The molecule has 442 valence electrons. The maximum atomic E-state index is 11.9. The molecule has 0 bridgehead atoms. The molecule has 0 aliphatic carbocycles. The summed E-state index contributed by atoms with van der Waals surface area (Å²) in [5.74, 6) is 2.67. The summed E-state index contributed by atoms with van der Waals surface area (Å²) in [5.41, 5.74) is 2.46. The molecule has 15 nitrogen and oxygen atoms in total. The molecule has 1 saturated heterocycles. The lowest BCUT2D eigenvalue weighted by molar-refractivity contribution is 0.00578. The Morgan fingerprint density at radius 2 is 1.39 bits per heavy atom. The summed E-state index contributed by atoms with van der Waals surface area (Å²) >= 11 is 0. The van der Waals surface area contributed by atoms with E-state index in [1.54, 1.807) is 72.6 Å². The van der Waals surface area contributed by atoms with E-state index < -0.39 is 33.8 Å². The van der Waals surface area contributed by atoms with Crippen molar-refractivity contribution in [1.29, 1.82) is 0 Å². The number of rotatable bonds is 14. The minimum Gasteiger partial charge on any atom is -0.439 e. The lowest BCUT2D eigenvalue weighted by Gasteiger charge is -2.36. The van der Waals surface area contributed by atoms with E-state index in [9.17, 15) is 9.82 Å². The van der Waals surface area contributed by atoms with Crippen molar-refractivity contribution in [3.63, 3.8) is 0 Å². The Bertz CT molecular complexity index is 2480. The van der Waals surface area contributed by atoms with Crippen LogP contribution in [-0.2, 0) is 25.0 Å². The summed E-state index contributed by atoms with van der Waals surface area (Å²) in [6.45, 7) is 35.5. The molecule has 2 aromatic carbocycles. The largest absolute Gasteiger partial charge is 0.495 e. The van der Waals surface area contributed by atoms with Gasteiger partial charge in [-0.05, 0) is 111 Å². The molecule has 0 atom stereocenters. The molecule has 2 aromatic heterocycles. The Morgan fingerprint density at radius 3 is 1.89 bits per heavy atom. The summed E-state index contributed by atoms with van der Waals surface area (Å²) in [6, 6.07) is 17.1. The molecule has 0 radical (unpaired) electrons. The van der Waals surface area contributed by atoms with Gasteiger partial charge >= 0.3 is 14.2 Å². The number of benzene rings is 2. The highest BCUT2D eigenvalue weighted by Crippen LogP contribution is 2.38. The van der Waals surface area contributed by atoms with Crippen LogP contribution in [0.3, 0.4) is 0 Å². The van der Waals surface area contributed by atoms with Crippen molar-refractivity contribution >= 4 is 62.8 Å². The van der Waals surface area contributed by atoms with Gasteiger partial charge in [0, 0.05) is 203 Å². The second-order valence-corrected chi connectivity index (χ2v) is 22.4. The van der Waals surface area contributed by atoms with Crippen molar-refractivity contribution in [1.82, 2.24) is 9.97 Å². The van der Waals surface area contributed by atoms with Gasteiger partial charge in [-0.25, -0.2) is 19.7 Å². The summed E-state index contributed by atoms with van der Waals surface area (Å²) in [5, 5.41) is 18.8. The number of aldehydes is 1. The fourth-order valence-corrected chi connectivity index (χ4v) is 7.16. The van der Waals surface area contributed by atoms with Gasteiger partial charge < -0.3 is 47.8 Å². The molecule has 2 aliphatic rings. The zero-order valence-electron chi connectivity index (χ0n) is 151. The maximum absolute atomic E-state index is 11.9. The highest BCUT2D eigenvalue weighted by molar-refractivity contribution is 6.74. The van der Waals surface area contributed by atoms with Crippen LogP contribution in [0.4, 0.5) is 23.0 Å². The van der Waals surface area contributed by atoms with Gasteiger partial charge in [-0.15, -0.1) is 0 Å². The number of ether oxygens (including phenoxy) is 2. The average Bonchev–Trinajstić information content (AvgIpc) is 1.61. The second kappa shape index (κ2) is 19.4. The number of carbonyl (C=O) groups is 1. The van der Waals surface area contributed by atoms with Crippen LogP contribution in [0.1, 0.15) is 235 Å². The van der Waals surface area contributed by atoms with E-state index >= 15 is 0 Å². The van der Waals surface area contributed by atoms with Crippen molar-refractivity contribution < 1.29 is 213 Å². The highest BCUT2D eigenvalue weighted by atomic mass is 28.4. The molecule has 6 rings (SSSR count). The lowest BCUT2D eigenvalue weighted by atomic mass is 9.76. The fourth-order valence-electron chi connectivity index (χ4n) is 6.13. The number of hydrogen-bond donors (Lipinski definition) is 2. The van der Waals surface area contributed by atoms with E-state index in [-0.39, 0.29) is 13.1 Å². The summed E-state index contributed by atoms with van der Waals surface area (Å²) in [6.07, 6.45) is 0.768. The number of aliphatic hydroxyl groups excluding tert-OH is 1. The van der Waals surface area contributed by atoms with E-state index in [0.717, 1.165) is 17.3 Å². The Morgan fingerprint density at radius 1 is 0.871 bits per heavy atom. The second-order valence-electron chi connectivity index (χ2n) is 17.6. The van der Waals surface area contributed by atoms with E-state index in [4.69, 9.17) is 215 Å². The maximum Gasteiger partial charge on any atom is 0.495 e. The van der Waals surface area contributed by atoms with Crippen LogP contribution < -0.4 is 30.2 Å². The highest BCUT2D eigenvalue weighted by Gasteiger charge is 2.52. The Balaban J connectivity index is -0.0000000185. The van der Waals surface area contributed by atoms with Crippen LogP contribution in [0.2, 0.25) is 18.1 Å². The number of likely N-dealkylation sites (N-methyl/N-ethyl adjacent to an activating group) is 2. The lowest BCUT2D eigenvalue weighted by Crippen LogP contribution is -2.42. The van der Waals surface area contributed by atoms with Crippen molar-refractivity contribution in [3.8, 4) is 23.3 Å². The number of aromatic nitrogens is 2. The third-order valence-corrected chi connectivity index (χ3v) is 16.2. The number of hydrogen-bond acceptors (Lipinski definition) is 13. The minimum absolute atomic E-state index is 0. The molecule has 4 aromatic rings. The molecule has 18 heteroatoms. The van der Waals surface area contributed by atoms with Crippen molar-refractivity contribution in [2.45, 2.75) is 84.4 Å².